The first-order valence-electron chi connectivity index (χ1n) is 4.97. The number of likely N-dealkylation sites (N-methyl/N-ethyl adjacent to an activating group) is 1. The van der Waals surface area contributed by atoms with Gasteiger partial charge in [0.2, 0.25) is 5.17 Å². The quantitative estimate of drug-likeness (QED) is 0.560. The monoisotopic (exact) mass is 230 g/mol. The lowest BCUT2D eigenvalue weighted by Crippen LogP contribution is -2.57. The summed E-state index contributed by atoms with van der Waals surface area (Å²) in [5.74, 6) is 5.86. The fourth-order valence-corrected chi connectivity index (χ4v) is 2.11. The lowest BCUT2D eigenvalue weighted by Gasteiger charge is -2.36. The molecule has 1 aliphatic rings. The molecule has 0 aliphatic carbocycles. The maximum absolute atomic E-state index is 12.0. The van der Waals surface area contributed by atoms with Gasteiger partial charge in [0.1, 0.15) is 6.04 Å². The van der Waals surface area contributed by atoms with E-state index < -0.39 is 0 Å². The summed E-state index contributed by atoms with van der Waals surface area (Å²) in [4.78, 5) is 12.0. The fourth-order valence-electron chi connectivity index (χ4n) is 1.62. The Bertz CT molecular complexity index is 281. The van der Waals surface area contributed by atoms with E-state index in [4.69, 9.17) is 5.84 Å². The lowest BCUT2D eigenvalue weighted by atomic mass is 9.98. The molecule has 0 aromatic rings. The van der Waals surface area contributed by atoms with Gasteiger partial charge in [-0.3, -0.25) is 9.80 Å². The van der Waals surface area contributed by atoms with Gasteiger partial charge in [0.05, 0.1) is 0 Å². The molecule has 15 heavy (non-hydrogen) atoms. The second-order valence-electron chi connectivity index (χ2n) is 3.70. The minimum absolute atomic E-state index is 0.0776. The summed E-state index contributed by atoms with van der Waals surface area (Å²) in [7, 11) is 1.82. The number of hydrazine groups is 1. The molecule has 0 spiro atoms. The summed E-state index contributed by atoms with van der Waals surface area (Å²) < 4.78 is 0. The first-order valence-corrected chi connectivity index (χ1v) is 6.19. The number of thioether (sulfide) groups is 1. The Hall–Kier alpha value is -0.750. The first-order chi connectivity index (χ1) is 7.02. The van der Waals surface area contributed by atoms with Crippen LogP contribution in [-0.4, -0.2) is 40.4 Å². The molecule has 2 N–H and O–H groups in total. The van der Waals surface area contributed by atoms with E-state index in [1.54, 1.807) is 5.01 Å². The van der Waals surface area contributed by atoms with E-state index in [1.165, 1.54) is 11.8 Å². The summed E-state index contributed by atoms with van der Waals surface area (Å²) in [5.41, 5.74) is 0. The molecule has 1 amide bonds. The average molecular weight is 230 g/mol. The van der Waals surface area contributed by atoms with Crippen molar-refractivity contribution in [3.63, 3.8) is 0 Å². The zero-order valence-electron chi connectivity index (χ0n) is 9.60. The van der Waals surface area contributed by atoms with E-state index in [0.717, 1.165) is 11.4 Å². The lowest BCUT2D eigenvalue weighted by molar-refractivity contribution is -0.136. The van der Waals surface area contributed by atoms with Crippen LogP contribution in [-0.2, 0) is 4.79 Å². The van der Waals surface area contributed by atoms with Crippen molar-refractivity contribution in [2.45, 2.75) is 26.3 Å². The predicted molar refractivity (Wildman–Crippen MR) is 63.0 cm³/mol. The summed E-state index contributed by atoms with van der Waals surface area (Å²) in [5, 5.41) is 7.69. The van der Waals surface area contributed by atoms with Crippen molar-refractivity contribution in [2.24, 2.45) is 16.9 Å². The van der Waals surface area contributed by atoms with Crippen LogP contribution >= 0.6 is 11.8 Å². The summed E-state index contributed by atoms with van der Waals surface area (Å²) in [6.07, 6.45) is 2.78. The highest BCUT2D eigenvalue weighted by atomic mass is 32.2. The number of nitrogens with two attached hydrogens (primary N) is 1. The molecule has 0 aromatic heterocycles. The number of nitrogens with zero attached hydrogens (tertiary/aromatic N) is 3. The second-order valence-corrected chi connectivity index (χ2v) is 4.47. The molecule has 1 heterocycles. The molecular weight excluding hydrogens is 212 g/mol. The number of rotatable bonds is 2. The second kappa shape index (κ2) is 4.85. The molecule has 1 aliphatic heterocycles. The van der Waals surface area contributed by atoms with Gasteiger partial charge < -0.3 is 0 Å². The van der Waals surface area contributed by atoms with Crippen LogP contribution in [0.3, 0.4) is 0 Å². The van der Waals surface area contributed by atoms with Crippen molar-refractivity contribution in [3.05, 3.63) is 0 Å². The number of carbonyl (C=O) groups is 1. The molecule has 2 unspecified atom stereocenters. The Morgan fingerprint density at radius 1 is 1.67 bits per heavy atom. The molecule has 0 saturated carbocycles. The Balaban J connectivity index is 2.95. The maximum Gasteiger partial charge on any atom is 0.267 e. The average Bonchev–Trinajstić information content (AvgIpc) is 2.23. The van der Waals surface area contributed by atoms with Gasteiger partial charge in [0, 0.05) is 7.05 Å². The largest absolute Gasteiger partial charge is 0.285 e. The molecule has 0 fully saturated rings. The normalized spacial score (nSPS) is 24.2. The van der Waals surface area contributed by atoms with Gasteiger partial charge in [-0.1, -0.05) is 32.0 Å². The number of hydrogen-bond acceptors (Lipinski definition) is 5. The summed E-state index contributed by atoms with van der Waals surface area (Å²) in [6.45, 7) is 4.09. The standard InChI is InChI=1S/C9H18N4OS/c1-5-6(2)7-8(14)13(10)9(15-4)11-12(7)3/h6-7H,5,10H2,1-4H3. The molecular formula is C9H18N4OS. The van der Waals surface area contributed by atoms with E-state index in [0.29, 0.717) is 5.17 Å². The third-order valence-electron chi connectivity index (χ3n) is 2.71. The first kappa shape index (κ1) is 12.3. The molecule has 6 heteroatoms. The van der Waals surface area contributed by atoms with Crippen LogP contribution in [0, 0.1) is 5.92 Å². The van der Waals surface area contributed by atoms with E-state index >= 15 is 0 Å². The van der Waals surface area contributed by atoms with E-state index in [-0.39, 0.29) is 17.9 Å². The predicted octanol–water partition coefficient (Wildman–Crippen LogP) is 0.683. The molecule has 2 atom stereocenters. The zero-order chi connectivity index (χ0) is 11.6. The minimum Gasteiger partial charge on any atom is -0.285 e. The molecule has 86 valence electrons. The van der Waals surface area contributed by atoms with Crippen molar-refractivity contribution in [1.29, 1.82) is 0 Å². The minimum atomic E-state index is -0.240. The third kappa shape index (κ3) is 2.26. The highest BCUT2D eigenvalue weighted by molar-refractivity contribution is 8.13. The number of hydrazone groups is 1. The Kier molecular flexibility index (Phi) is 3.98. The van der Waals surface area contributed by atoms with Crippen LogP contribution in [0.5, 0.6) is 0 Å². The highest BCUT2D eigenvalue weighted by Crippen LogP contribution is 2.21. The van der Waals surface area contributed by atoms with Crippen LogP contribution in [0.2, 0.25) is 0 Å². The summed E-state index contributed by atoms with van der Waals surface area (Å²) in [6, 6.07) is -0.240. The smallest absolute Gasteiger partial charge is 0.267 e. The third-order valence-corrected chi connectivity index (χ3v) is 3.35. The van der Waals surface area contributed by atoms with Gasteiger partial charge in [0.15, 0.2) is 0 Å². The number of amidine groups is 1. The van der Waals surface area contributed by atoms with Gasteiger partial charge in [-0.15, -0.1) is 5.10 Å². The Morgan fingerprint density at radius 3 is 2.73 bits per heavy atom. The van der Waals surface area contributed by atoms with Gasteiger partial charge >= 0.3 is 0 Å². The van der Waals surface area contributed by atoms with Crippen molar-refractivity contribution in [3.8, 4) is 0 Å². The van der Waals surface area contributed by atoms with Gasteiger partial charge in [-0.25, -0.2) is 10.9 Å². The molecule has 0 bridgehead atoms. The zero-order valence-corrected chi connectivity index (χ0v) is 10.4. The van der Waals surface area contributed by atoms with Crippen LogP contribution < -0.4 is 5.84 Å². The van der Waals surface area contributed by atoms with E-state index in [9.17, 15) is 4.79 Å². The van der Waals surface area contributed by atoms with Crippen molar-refractivity contribution >= 4 is 22.8 Å². The van der Waals surface area contributed by atoms with Crippen LogP contribution in [0.25, 0.3) is 0 Å². The number of hydrogen-bond donors (Lipinski definition) is 1. The van der Waals surface area contributed by atoms with E-state index in [2.05, 4.69) is 12.0 Å². The van der Waals surface area contributed by atoms with Gasteiger partial charge in [-0.05, 0) is 12.2 Å². The topological polar surface area (TPSA) is 61.9 Å². The maximum atomic E-state index is 12.0. The molecule has 5 nitrogen and oxygen atoms in total. The molecule has 0 radical (unpaired) electrons. The van der Waals surface area contributed by atoms with Crippen LogP contribution in [0.15, 0.2) is 5.10 Å². The molecule has 0 saturated heterocycles. The highest BCUT2D eigenvalue weighted by Gasteiger charge is 2.36. The fraction of sp³-hybridized carbons (Fsp3) is 0.778. The molecule has 1 rings (SSSR count). The molecule has 0 aromatic carbocycles. The van der Waals surface area contributed by atoms with Crippen molar-refractivity contribution in [1.82, 2.24) is 10.0 Å². The van der Waals surface area contributed by atoms with Gasteiger partial charge in [0.25, 0.3) is 5.91 Å². The summed E-state index contributed by atoms with van der Waals surface area (Å²) >= 11 is 1.37. The number of amides is 1. The van der Waals surface area contributed by atoms with Gasteiger partial charge in [-0.2, -0.15) is 0 Å². The van der Waals surface area contributed by atoms with Crippen molar-refractivity contribution in [2.75, 3.05) is 13.3 Å². The van der Waals surface area contributed by atoms with Crippen LogP contribution in [0.1, 0.15) is 20.3 Å². The van der Waals surface area contributed by atoms with Crippen molar-refractivity contribution < 1.29 is 4.79 Å². The Morgan fingerprint density at radius 2 is 2.27 bits per heavy atom. The van der Waals surface area contributed by atoms with Crippen LogP contribution in [0.4, 0.5) is 0 Å². The van der Waals surface area contributed by atoms with E-state index in [1.807, 2.05) is 20.2 Å². The number of carbonyl (C=O) groups excluding carboxylic acids is 1. The SMILES string of the molecule is CCC(C)C1C(=O)N(N)C(SC)=NN1C. The Labute approximate surface area is 94.6 Å².